The molecule has 0 aromatic heterocycles. The van der Waals surface area contributed by atoms with Crippen molar-refractivity contribution in [2.75, 3.05) is 19.7 Å². The molecule has 0 aliphatic carbocycles. The number of hydrogen-bond acceptors (Lipinski definition) is 4. The molecule has 1 saturated heterocycles. The summed E-state index contributed by atoms with van der Waals surface area (Å²) in [6.07, 6.45) is 3.49. The van der Waals surface area contributed by atoms with Crippen LogP contribution in [0.15, 0.2) is 46.4 Å². The average Bonchev–Trinajstić information content (AvgIpc) is 3.27. The first-order valence-corrected chi connectivity index (χ1v) is 10.6. The summed E-state index contributed by atoms with van der Waals surface area (Å²) in [7, 11) is 0. The number of halogens is 2. The Labute approximate surface area is 183 Å². The normalized spacial score (nSPS) is 13.8. The second kappa shape index (κ2) is 10.3. The Balaban J connectivity index is 1.85. The fraction of sp³-hybridized carbons (Fsp3) is 0.304. The van der Waals surface area contributed by atoms with Crippen molar-refractivity contribution in [1.82, 2.24) is 4.90 Å². The Bertz CT molecular complexity index is 977. The van der Waals surface area contributed by atoms with Crippen LogP contribution in [-0.4, -0.2) is 30.5 Å². The lowest BCUT2D eigenvalue weighted by Crippen LogP contribution is -2.28. The molecule has 30 heavy (non-hydrogen) atoms. The largest absolute Gasteiger partial charge is 0.490 e. The van der Waals surface area contributed by atoms with E-state index >= 15 is 0 Å². The lowest BCUT2D eigenvalue weighted by Gasteiger charge is -2.16. The van der Waals surface area contributed by atoms with E-state index in [-0.39, 0.29) is 23.9 Å². The van der Waals surface area contributed by atoms with Crippen molar-refractivity contribution in [2.45, 2.75) is 26.4 Å². The van der Waals surface area contributed by atoms with Gasteiger partial charge < -0.3 is 14.4 Å². The average molecular weight is 473 g/mol. The van der Waals surface area contributed by atoms with Gasteiger partial charge in [-0.15, -0.1) is 0 Å². The van der Waals surface area contributed by atoms with Crippen molar-refractivity contribution in [3.8, 4) is 17.6 Å². The van der Waals surface area contributed by atoms with Gasteiger partial charge in [-0.25, -0.2) is 4.39 Å². The highest BCUT2D eigenvalue weighted by Crippen LogP contribution is 2.38. The summed E-state index contributed by atoms with van der Waals surface area (Å²) in [5, 5.41) is 9.48. The number of rotatable bonds is 7. The third-order valence-corrected chi connectivity index (χ3v) is 5.27. The maximum atomic E-state index is 13.1. The quantitative estimate of drug-likeness (QED) is 0.415. The molecule has 2 aromatic carbocycles. The Hall–Kier alpha value is -2.85. The molecule has 1 heterocycles. The first-order chi connectivity index (χ1) is 14.5. The summed E-state index contributed by atoms with van der Waals surface area (Å²) in [5.41, 5.74) is 1.56. The second-order valence-electron chi connectivity index (χ2n) is 6.85. The van der Waals surface area contributed by atoms with Crippen LogP contribution in [-0.2, 0) is 11.4 Å². The van der Waals surface area contributed by atoms with Gasteiger partial charge in [0.1, 0.15) is 24.1 Å². The van der Waals surface area contributed by atoms with E-state index in [2.05, 4.69) is 15.9 Å². The predicted molar refractivity (Wildman–Crippen MR) is 115 cm³/mol. The van der Waals surface area contributed by atoms with Crippen molar-refractivity contribution in [2.24, 2.45) is 0 Å². The highest BCUT2D eigenvalue weighted by atomic mass is 79.9. The van der Waals surface area contributed by atoms with Crippen LogP contribution in [0.1, 0.15) is 30.9 Å². The van der Waals surface area contributed by atoms with Crippen LogP contribution in [0, 0.1) is 17.1 Å². The molecule has 1 fully saturated rings. The van der Waals surface area contributed by atoms with Crippen LogP contribution in [0.2, 0.25) is 0 Å². The molecule has 0 radical (unpaired) electrons. The minimum absolute atomic E-state index is 0.0891. The standard InChI is InChI=1S/C23H22BrFN2O3/c1-2-29-21-13-17(11-18(14-26)23(28)27-9-3-4-10-27)12-20(24)22(21)30-15-16-5-7-19(25)8-6-16/h5-8,11-13H,2-4,9-10,15H2,1H3/b18-11+. The molecule has 0 unspecified atom stereocenters. The lowest BCUT2D eigenvalue weighted by molar-refractivity contribution is -0.125. The number of carbonyl (C=O) groups is 1. The van der Waals surface area contributed by atoms with Gasteiger partial charge in [-0.2, -0.15) is 5.26 Å². The third kappa shape index (κ3) is 5.39. The van der Waals surface area contributed by atoms with E-state index < -0.39 is 0 Å². The van der Waals surface area contributed by atoms with E-state index in [1.54, 1.807) is 35.2 Å². The summed E-state index contributed by atoms with van der Waals surface area (Å²) >= 11 is 3.50. The van der Waals surface area contributed by atoms with Crippen molar-refractivity contribution < 1.29 is 18.7 Å². The number of likely N-dealkylation sites (tertiary alicyclic amines) is 1. The number of nitrogens with zero attached hydrogens (tertiary/aromatic N) is 2. The van der Waals surface area contributed by atoms with Crippen molar-refractivity contribution in [3.63, 3.8) is 0 Å². The number of hydrogen-bond donors (Lipinski definition) is 0. The summed E-state index contributed by atoms with van der Waals surface area (Å²) in [5.74, 6) is 0.442. The second-order valence-corrected chi connectivity index (χ2v) is 7.70. The van der Waals surface area contributed by atoms with Crippen LogP contribution in [0.3, 0.4) is 0 Å². The molecular formula is C23H22BrFN2O3. The molecule has 0 spiro atoms. The topological polar surface area (TPSA) is 62.6 Å². The first kappa shape index (κ1) is 21.8. The fourth-order valence-corrected chi connectivity index (χ4v) is 3.78. The van der Waals surface area contributed by atoms with Crippen LogP contribution in [0.25, 0.3) is 6.08 Å². The highest BCUT2D eigenvalue weighted by molar-refractivity contribution is 9.10. The molecule has 2 aromatic rings. The van der Waals surface area contributed by atoms with Gasteiger partial charge in [0.2, 0.25) is 0 Å². The Morgan fingerprint density at radius 1 is 1.23 bits per heavy atom. The van der Waals surface area contributed by atoms with E-state index in [1.807, 2.05) is 13.0 Å². The van der Waals surface area contributed by atoms with Crippen LogP contribution < -0.4 is 9.47 Å². The molecule has 0 bridgehead atoms. The summed E-state index contributed by atoms with van der Waals surface area (Å²) in [4.78, 5) is 14.3. The maximum Gasteiger partial charge on any atom is 0.264 e. The minimum Gasteiger partial charge on any atom is -0.490 e. The Morgan fingerprint density at radius 3 is 2.57 bits per heavy atom. The molecule has 0 N–H and O–H groups in total. The SMILES string of the molecule is CCOc1cc(/C=C(\C#N)C(=O)N2CCCC2)cc(Br)c1OCc1ccc(F)cc1. The molecule has 0 atom stereocenters. The maximum absolute atomic E-state index is 13.1. The molecule has 5 nitrogen and oxygen atoms in total. The molecule has 1 amide bonds. The summed E-state index contributed by atoms with van der Waals surface area (Å²) in [6, 6.07) is 11.6. The fourth-order valence-electron chi connectivity index (χ4n) is 3.21. The third-order valence-electron chi connectivity index (χ3n) is 4.68. The van der Waals surface area contributed by atoms with Crippen LogP contribution in [0.5, 0.6) is 11.5 Å². The van der Waals surface area contributed by atoms with Gasteiger partial charge in [0.25, 0.3) is 5.91 Å². The molecule has 156 valence electrons. The van der Waals surface area contributed by atoms with E-state index in [0.29, 0.717) is 41.2 Å². The molecule has 0 saturated carbocycles. The zero-order chi connectivity index (χ0) is 21.5. The zero-order valence-electron chi connectivity index (χ0n) is 16.7. The summed E-state index contributed by atoms with van der Waals surface area (Å²) < 4.78 is 25.3. The van der Waals surface area contributed by atoms with E-state index in [9.17, 15) is 14.4 Å². The van der Waals surface area contributed by atoms with Crippen molar-refractivity contribution in [1.29, 1.82) is 5.26 Å². The Morgan fingerprint density at radius 2 is 1.93 bits per heavy atom. The number of benzene rings is 2. The van der Waals surface area contributed by atoms with E-state index in [1.165, 1.54) is 12.1 Å². The van der Waals surface area contributed by atoms with Gasteiger partial charge in [-0.3, -0.25) is 4.79 Å². The molecule has 1 aliphatic rings. The van der Waals surface area contributed by atoms with Gasteiger partial charge in [0.15, 0.2) is 11.5 Å². The van der Waals surface area contributed by atoms with Crippen LogP contribution >= 0.6 is 15.9 Å². The zero-order valence-corrected chi connectivity index (χ0v) is 18.2. The van der Waals surface area contributed by atoms with Gasteiger partial charge in [0, 0.05) is 13.1 Å². The number of amides is 1. The highest BCUT2D eigenvalue weighted by Gasteiger charge is 2.22. The minimum atomic E-state index is -0.303. The van der Waals surface area contributed by atoms with Gasteiger partial charge in [-0.1, -0.05) is 12.1 Å². The van der Waals surface area contributed by atoms with Gasteiger partial charge in [0.05, 0.1) is 11.1 Å². The Kier molecular flexibility index (Phi) is 7.47. The van der Waals surface area contributed by atoms with Crippen LogP contribution in [0.4, 0.5) is 4.39 Å². The van der Waals surface area contributed by atoms with Crippen molar-refractivity contribution in [3.05, 3.63) is 63.4 Å². The van der Waals surface area contributed by atoms with E-state index in [4.69, 9.17) is 9.47 Å². The molecule has 3 rings (SSSR count). The van der Waals surface area contributed by atoms with Gasteiger partial charge in [-0.05, 0) is 77.2 Å². The first-order valence-electron chi connectivity index (χ1n) is 9.76. The van der Waals surface area contributed by atoms with E-state index in [0.717, 1.165) is 18.4 Å². The summed E-state index contributed by atoms with van der Waals surface area (Å²) in [6.45, 7) is 3.89. The molecule has 1 aliphatic heterocycles. The number of ether oxygens (including phenoxy) is 2. The monoisotopic (exact) mass is 472 g/mol. The smallest absolute Gasteiger partial charge is 0.264 e. The number of carbonyl (C=O) groups excluding carboxylic acids is 1. The molecule has 7 heteroatoms. The van der Waals surface area contributed by atoms with Crippen molar-refractivity contribution >= 4 is 27.9 Å². The number of nitriles is 1. The molecular weight excluding hydrogens is 451 g/mol. The predicted octanol–water partition coefficient (Wildman–Crippen LogP) is 5.10. The lowest BCUT2D eigenvalue weighted by atomic mass is 10.1. The van der Waals surface area contributed by atoms with Gasteiger partial charge >= 0.3 is 0 Å².